The van der Waals surface area contributed by atoms with Crippen LogP contribution in [0.2, 0.25) is 0 Å². The van der Waals surface area contributed by atoms with Gasteiger partial charge in [0.05, 0.1) is 0 Å². The van der Waals surface area contributed by atoms with Gasteiger partial charge in [-0.15, -0.1) is 0 Å². The first-order chi connectivity index (χ1) is 8.90. The average molecular weight is 266 g/mol. The van der Waals surface area contributed by atoms with Gasteiger partial charge in [0.2, 0.25) is 0 Å². The fraction of sp³-hybridized carbons (Fsp3) is 0.625. The molecule has 0 aliphatic carbocycles. The zero-order chi connectivity index (χ0) is 14.4. The van der Waals surface area contributed by atoms with Crippen molar-refractivity contribution < 1.29 is 4.39 Å². The van der Waals surface area contributed by atoms with E-state index in [-0.39, 0.29) is 5.82 Å². The lowest BCUT2D eigenvalue weighted by Crippen LogP contribution is -2.44. The number of rotatable bonds is 7. The van der Waals surface area contributed by atoms with Crippen molar-refractivity contribution in [3.63, 3.8) is 0 Å². The van der Waals surface area contributed by atoms with Gasteiger partial charge in [-0.3, -0.25) is 0 Å². The molecule has 0 aromatic heterocycles. The molecule has 1 rings (SSSR count). The highest BCUT2D eigenvalue weighted by atomic mass is 19.1. The predicted molar refractivity (Wildman–Crippen MR) is 79.9 cm³/mol. The van der Waals surface area contributed by atoms with Crippen molar-refractivity contribution in [3.8, 4) is 0 Å². The Labute approximate surface area is 117 Å². The minimum Gasteiger partial charge on any atom is -0.312 e. The van der Waals surface area contributed by atoms with Crippen molar-refractivity contribution >= 4 is 0 Å². The Kier molecular flexibility index (Phi) is 6.46. The minimum atomic E-state index is -0.155. The minimum absolute atomic E-state index is 0.155. The SMILES string of the molecule is CC(Cc1cccc(F)c1)NCC(C(C)C)N(C)C. The van der Waals surface area contributed by atoms with Crippen LogP contribution in [-0.2, 0) is 6.42 Å². The van der Waals surface area contributed by atoms with E-state index in [0.29, 0.717) is 18.0 Å². The molecule has 1 N–H and O–H groups in total. The van der Waals surface area contributed by atoms with Crippen molar-refractivity contribution in [2.75, 3.05) is 20.6 Å². The number of hydrogen-bond donors (Lipinski definition) is 1. The molecule has 1 aromatic rings. The summed E-state index contributed by atoms with van der Waals surface area (Å²) in [5, 5.41) is 3.55. The first-order valence-electron chi connectivity index (χ1n) is 7.04. The second-order valence-electron chi connectivity index (χ2n) is 5.92. The quantitative estimate of drug-likeness (QED) is 0.816. The molecule has 0 heterocycles. The number of nitrogens with one attached hydrogen (secondary N) is 1. The highest BCUT2D eigenvalue weighted by molar-refractivity contribution is 5.17. The normalized spacial score (nSPS) is 14.9. The lowest BCUT2D eigenvalue weighted by molar-refractivity contribution is 0.219. The van der Waals surface area contributed by atoms with Crippen molar-refractivity contribution in [2.24, 2.45) is 5.92 Å². The van der Waals surface area contributed by atoms with Gasteiger partial charge in [-0.25, -0.2) is 4.39 Å². The third-order valence-corrected chi connectivity index (χ3v) is 3.54. The molecule has 0 aliphatic rings. The molecule has 108 valence electrons. The Morgan fingerprint density at radius 1 is 1.21 bits per heavy atom. The van der Waals surface area contributed by atoms with E-state index in [1.54, 1.807) is 12.1 Å². The van der Waals surface area contributed by atoms with Crippen molar-refractivity contribution in [1.82, 2.24) is 10.2 Å². The highest BCUT2D eigenvalue weighted by Gasteiger charge is 2.16. The van der Waals surface area contributed by atoms with Crippen LogP contribution < -0.4 is 5.32 Å². The topological polar surface area (TPSA) is 15.3 Å². The largest absolute Gasteiger partial charge is 0.312 e. The summed E-state index contributed by atoms with van der Waals surface area (Å²) >= 11 is 0. The van der Waals surface area contributed by atoms with Crippen LogP contribution in [0, 0.1) is 11.7 Å². The maximum Gasteiger partial charge on any atom is 0.123 e. The zero-order valence-electron chi connectivity index (χ0n) is 12.8. The maximum atomic E-state index is 13.1. The number of nitrogens with zero attached hydrogens (tertiary/aromatic N) is 1. The third kappa shape index (κ3) is 5.70. The van der Waals surface area contributed by atoms with Gasteiger partial charge in [-0.2, -0.15) is 0 Å². The molecule has 19 heavy (non-hydrogen) atoms. The monoisotopic (exact) mass is 266 g/mol. The maximum absolute atomic E-state index is 13.1. The number of likely N-dealkylation sites (N-methyl/N-ethyl adjacent to an activating group) is 1. The molecule has 0 radical (unpaired) electrons. The second-order valence-corrected chi connectivity index (χ2v) is 5.92. The van der Waals surface area contributed by atoms with Crippen LogP contribution in [0.5, 0.6) is 0 Å². The molecular weight excluding hydrogens is 239 g/mol. The number of halogens is 1. The summed E-state index contributed by atoms with van der Waals surface area (Å²) in [6.07, 6.45) is 0.857. The molecule has 0 fully saturated rings. The average Bonchev–Trinajstić information content (AvgIpc) is 2.27. The Morgan fingerprint density at radius 2 is 1.89 bits per heavy atom. The Bertz CT molecular complexity index is 369. The lowest BCUT2D eigenvalue weighted by Gasteiger charge is -2.29. The van der Waals surface area contributed by atoms with Gasteiger partial charge in [0.1, 0.15) is 5.82 Å². The number of benzene rings is 1. The first kappa shape index (κ1) is 16.1. The molecule has 0 saturated carbocycles. The zero-order valence-corrected chi connectivity index (χ0v) is 12.8. The molecule has 2 nitrogen and oxygen atoms in total. The van der Waals surface area contributed by atoms with Crippen LogP contribution in [0.3, 0.4) is 0 Å². The van der Waals surface area contributed by atoms with Crippen LogP contribution in [0.25, 0.3) is 0 Å². The third-order valence-electron chi connectivity index (χ3n) is 3.54. The summed E-state index contributed by atoms with van der Waals surface area (Å²) < 4.78 is 13.1. The van der Waals surface area contributed by atoms with E-state index in [9.17, 15) is 4.39 Å². The first-order valence-corrected chi connectivity index (χ1v) is 7.04. The van der Waals surface area contributed by atoms with Crippen LogP contribution in [-0.4, -0.2) is 37.6 Å². The van der Waals surface area contributed by atoms with E-state index in [2.05, 4.69) is 45.1 Å². The van der Waals surface area contributed by atoms with Gasteiger partial charge >= 0.3 is 0 Å². The van der Waals surface area contributed by atoms with E-state index in [0.717, 1.165) is 18.5 Å². The van der Waals surface area contributed by atoms with Gasteiger partial charge in [-0.1, -0.05) is 26.0 Å². The summed E-state index contributed by atoms with van der Waals surface area (Å²) in [5.74, 6) is 0.460. The van der Waals surface area contributed by atoms with E-state index in [1.807, 2.05) is 6.07 Å². The van der Waals surface area contributed by atoms with Crippen LogP contribution in [0.15, 0.2) is 24.3 Å². The van der Waals surface area contributed by atoms with Crippen LogP contribution >= 0.6 is 0 Å². The Morgan fingerprint density at radius 3 is 2.42 bits per heavy atom. The molecule has 0 spiro atoms. The summed E-state index contributed by atoms with van der Waals surface area (Å²) in [4.78, 5) is 2.26. The predicted octanol–water partition coefficient (Wildman–Crippen LogP) is 2.93. The molecule has 0 amide bonds. The van der Waals surface area contributed by atoms with Crippen molar-refractivity contribution in [3.05, 3.63) is 35.6 Å². The van der Waals surface area contributed by atoms with Gasteiger partial charge in [0, 0.05) is 18.6 Å². The molecule has 0 bridgehead atoms. The fourth-order valence-electron chi connectivity index (χ4n) is 2.43. The van der Waals surface area contributed by atoms with Gasteiger partial charge in [0.25, 0.3) is 0 Å². The van der Waals surface area contributed by atoms with E-state index in [4.69, 9.17) is 0 Å². The Balaban J connectivity index is 2.45. The van der Waals surface area contributed by atoms with E-state index >= 15 is 0 Å². The van der Waals surface area contributed by atoms with E-state index in [1.165, 1.54) is 6.07 Å². The summed E-state index contributed by atoms with van der Waals surface area (Å²) in [6.45, 7) is 7.59. The molecule has 0 saturated heterocycles. The lowest BCUT2D eigenvalue weighted by atomic mass is 10.0. The summed E-state index contributed by atoms with van der Waals surface area (Å²) in [7, 11) is 4.23. The molecular formula is C16H27FN2. The van der Waals surface area contributed by atoms with Crippen LogP contribution in [0.1, 0.15) is 26.3 Å². The molecule has 0 aliphatic heterocycles. The smallest absolute Gasteiger partial charge is 0.123 e. The van der Waals surface area contributed by atoms with Gasteiger partial charge < -0.3 is 10.2 Å². The highest BCUT2D eigenvalue weighted by Crippen LogP contribution is 2.09. The molecule has 2 atom stereocenters. The van der Waals surface area contributed by atoms with Crippen molar-refractivity contribution in [1.29, 1.82) is 0 Å². The van der Waals surface area contributed by atoms with Crippen LogP contribution in [0.4, 0.5) is 4.39 Å². The number of hydrogen-bond acceptors (Lipinski definition) is 2. The molecule has 2 unspecified atom stereocenters. The second kappa shape index (κ2) is 7.61. The van der Waals surface area contributed by atoms with E-state index < -0.39 is 0 Å². The van der Waals surface area contributed by atoms with Gasteiger partial charge in [0.15, 0.2) is 0 Å². The molecule has 3 heteroatoms. The Hall–Kier alpha value is -0.930. The standard InChI is InChI=1S/C16H27FN2/c1-12(2)16(19(4)5)11-18-13(3)9-14-7-6-8-15(17)10-14/h6-8,10,12-13,16,18H,9,11H2,1-5H3. The fourth-order valence-corrected chi connectivity index (χ4v) is 2.43. The molecule has 1 aromatic carbocycles. The van der Waals surface area contributed by atoms with Gasteiger partial charge in [-0.05, 0) is 51.1 Å². The van der Waals surface area contributed by atoms with Crippen molar-refractivity contribution in [2.45, 2.75) is 39.3 Å². The summed E-state index contributed by atoms with van der Waals surface area (Å²) in [5.41, 5.74) is 1.05. The summed E-state index contributed by atoms with van der Waals surface area (Å²) in [6, 6.07) is 7.73.